The number of esters is 1. The number of nitriles is 1. The van der Waals surface area contributed by atoms with E-state index in [-0.39, 0.29) is 5.71 Å². The van der Waals surface area contributed by atoms with Crippen molar-refractivity contribution in [3.63, 3.8) is 0 Å². The number of pyridine rings is 1. The Labute approximate surface area is 103 Å². The predicted molar refractivity (Wildman–Crippen MR) is 61.1 cm³/mol. The summed E-state index contributed by atoms with van der Waals surface area (Å²) >= 11 is 0. The first-order valence-electron chi connectivity index (χ1n) is 5.14. The number of cyclic esters (lactones) is 1. The van der Waals surface area contributed by atoms with Gasteiger partial charge in [-0.15, -0.1) is 0 Å². The first-order chi connectivity index (χ1) is 8.70. The lowest BCUT2D eigenvalue weighted by atomic mass is 10.2. The second kappa shape index (κ2) is 5.10. The molecule has 18 heavy (non-hydrogen) atoms. The molecule has 0 bridgehead atoms. The Hall–Kier alpha value is -2.68. The van der Waals surface area contributed by atoms with Gasteiger partial charge in [-0.25, -0.2) is 4.79 Å². The molecule has 0 saturated carbocycles. The molecule has 1 atom stereocenters. The Morgan fingerprint density at radius 2 is 2.50 bits per heavy atom. The molecular weight excluding hydrogens is 234 g/mol. The van der Waals surface area contributed by atoms with Crippen LogP contribution in [-0.2, 0) is 14.4 Å². The number of rotatable bonds is 3. The molecule has 2 heterocycles. The molecule has 0 aliphatic carbocycles. The largest absolute Gasteiger partial charge is 0.416 e. The molecule has 1 unspecified atom stereocenters. The summed E-state index contributed by atoms with van der Waals surface area (Å²) in [6, 6.07) is 5.25. The highest BCUT2D eigenvalue weighted by Gasteiger charge is 2.23. The van der Waals surface area contributed by atoms with Crippen molar-refractivity contribution >= 4 is 11.7 Å². The van der Waals surface area contributed by atoms with E-state index in [2.05, 4.69) is 10.1 Å². The number of carbonyl (C=O) groups is 1. The van der Waals surface area contributed by atoms with Gasteiger partial charge in [-0.1, -0.05) is 5.16 Å². The zero-order chi connectivity index (χ0) is 13.0. The molecule has 0 radical (unpaired) electrons. The van der Waals surface area contributed by atoms with Crippen LogP contribution >= 0.6 is 0 Å². The Morgan fingerprint density at radius 3 is 3.06 bits per heavy atom. The Balaban J connectivity index is 2.09. The quantitative estimate of drug-likeness (QED) is 0.451. The second-order valence-electron chi connectivity index (χ2n) is 3.52. The molecule has 0 aromatic carbocycles. The number of oxime groups is 1. The first kappa shape index (κ1) is 11.8. The summed E-state index contributed by atoms with van der Waals surface area (Å²) in [7, 11) is 0. The second-order valence-corrected chi connectivity index (χ2v) is 3.52. The van der Waals surface area contributed by atoms with Crippen molar-refractivity contribution in [2.24, 2.45) is 5.16 Å². The zero-order valence-electron chi connectivity index (χ0n) is 9.53. The number of nitrogens with zero attached hydrogens (tertiary/aromatic N) is 3. The summed E-state index contributed by atoms with van der Waals surface area (Å²) in [5.41, 5.74) is 1.05. The van der Waals surface area contributed by atoms with Crippen LogP contribution in [0.4, 0.5) is 0 Å². The molecular formula is C12H9N3O3. The van der Waals surface area contributed by atoms with Crippen molar-refractivity contribution < 1.29 is 14.4 Å². The van der Waals surface area contributed by atoms with Gasteiger partial charge in [0.25, 0.3) is 6.29 Å². The monoisotopic (exact) mass is 243 g/mol. The van der Waals surface area contributed by atoms with Gasteiger partial charge >= 0.3 is 5.97 Å². The normalized spacial score (nSPS) is 18.9. The number of aromatic nitrogens is 1. The minimum Gasteiger partial charge on any atom is -0.416 e. The van der Waals surface area contributed by atoms with Crippen molar-refractivity contribution in [2.45, 2.75) is 13.2 Å². The van der Waals surface area contributed by atoms with Crippen LogP contribution in [0, 0.1) is 11.3 Å². The Kier molecular flexibility index (Phi) is 3.34. The molecule has 6 nitrogen and oxygen atoms in total. The molecule has 0 N–H and O–H groups in total. The van der Waals surface area contributed by atoms with Gasteiger partial charge in [-0.2, -0.15) is 5.26 Å². The molecule has 6 heteroatoms. The highest BCUT2D eigenvalue weighted by atomic mass is 16.8. The maximum Gasteiger partial charge on any atom is 0.337 e. The van der Waals surface area contributed by atoms with E-state index in [4.69, 9.17) is 14.8 Å². The van der Waals surface area contributed by atoms with Gasteiger partial charge in [0.15, 0.2) is 5.71 Å². The maximum atomic E-state index is 11.1. The molecule has 1 aromatic heterocycles. The average molecular weight is 243 g/mol. The van der Waals surface area contributed by atoms with Crippen molar-refractivity contribution in [1.82, 2.24) is 4.98 Å². The molecule has 0 amide bonds. The first-order valence-corrected chi connectivity index (χ1v) is 5.14. The topological polar surface area (TPSA) is 84.6 Å². The van der Waals surface area contributed by atoms with Crippen molar-refractivity contribution in [3.05, 3.63) is 41.7 Å². The van der Waals surface area contributed by atoms with Crippen molar-refractivity contribution in [2.75, 3.05) is 0 Å². The van der Waals surface area contributed by atoms with Crippen LogP contribution in [-0.4, -0.2) is 23.0 Å². The van der Waals surface area contributed by atoms with Crippen LogP contribution in [0.3, 0.4) is 0 Å². The number of hydrogen-bond acceptors (Lipinski definition) is 6. The van der Waals surface area contributed by atoms with E-state index >= 15 is 0 Å². The van der Waals surface area contributed by atoms with E-state index in [9.17, 15) is 4.79 Å². The lowest BCUT2D eigenvalue weighted by molar-refractivity contribution is -0.158. The summed E-state index contributed by atoms with van der Waals surface area (Å²) in [4.78, 5) is 19.9. The molecule has 0 saturated heterocycles. The van der Waals surface area contributed by atoms with Crippen LogP contribution in [0.15, 0.2) is 41.3 Å². The van der Waals surface area contributed by atoms with Gasteiger partial charge in [-0.3, -0.25) is 4.98 Å². The molecule has 90 valence electrons. The van der Waals surface area contributed by atoms with Crippen LogP contribution in [0.25, 0.3) is 0 Å². The lowest BCUT2D eigenvalue weighted by Crippen LogP contribution is -2.11. The highest BCUT2D eigenvalue weighted by Crippen LogP contribution is 2.14. The number of hydrogen-bond donors (Lipinski definition) is 0. The fraction of sp³-hybridized carbons (Fsp3) is 0.167. The summed E-state index contributed by atoms with van der Waals surface area (Å²) < 4.78 is 4.82. The van der Waals surface area contributed by atoms with Crippen LogP contribution < -0.4 is 0 Å². The minimum atomic E-state index is -0.877. The number of carbonyl (C=O) groups excluding carboxylic acids is 1. The predicted octanol–water partition coefficient (Wildman–Crippen LogP) is 1.16. The summed E-state index contributed by atoms with van der Waals surface area (Å²) in [5, 5.41) is 12.6. The van der Waals surface area contributed by atoms with Crippen molar-refractivity contribution in [1.29, 1.82) is 5.26 Å². The van der Waals surface area contributed by atoms with E-state index in [1.54, 1.807) is 25.3 Å². The fourth-order valence-corrected chi connectivity index (χ4v) is 1.30. The Morgan fingerprint density at radius 1 is 1.67 bits per heavy atom. The van der Waals surface area contributed by atoms with Gasteiger partial charge in [-0.05, 0) is 19.1 Å². The smallest absolute Gasteiger partial charge is 0.337 e. The standard InChI is InChI=1S/C12H9N3O3/c1-8-5-11(17-12(8)16)18-15-10(6-13)9-3-2-4-14-7-9/h2-5,7,11H,1H3/b15-10+. The third kappa shape index (κ3) is 2.52. The number of ether oxygens (including phenoxy) is 1. The SMILES string of the molecule is CC1=CC(O/N=C(\C#N)c2cccnc2)OC1=O. The molecule has 1 aliphatic heterocycles. The van der Waals surface area contributed by atoms with E-state index in [1.165, 1.54) is 12.3 Å². The van der Waals surface area contributed by atoms with Crippen molar-refractivity contribution in [3.8, 4) is 6.07 Å². The minimum absolute atomic E-state index is 0.0668. The average Bonchev–Trinajstić information content (AvgIpc) is 2.71. The summed E-state index contributed by atoms with van der Waals surface area (Å²) in [6.45, 7) is 1.61. The molecule has 0 fully saturated rings. The van der Waals surface area contributed by atoms with Gasteiger partial charge in [0.05, 0.1) is 0 Å². The van der Waals surface area contributed by atoms with Crippen LogP contribution in [0.1, 0.15) is 12.5 Å². The van der Waals surface area contributed by atoms with E-state index in [0.29, 0.717) is 11.1 Å². The van der Waals surface area contributed by atoms with Gasteiger partial charge in [0.1, 0.15) is 6.07 Å². The highest BCUT2D eigenvalue weighted by molar-refractivity contribution is 6.11. The Bertz CT molecular complexity index is 558. The summed E-state index contributed by atoms with van der Waals surface area (Å²) in [5.74, 6) is -0.449. The van der Waals surface area contributed by atoms with Crippen LogP contribution in [0.5, 0.6) is 0 Å². The van der Waals surface area contributed by atoms with E-state index < -0.39 is 12.3 Å². The fourth-order valence-electron chi connectivity index (χ4n) is 1.30. The van der Waals surface area contributed by atoms with E-state index in [0.717, 1.165) is 0 Å². The molecule has 2 rings (SSSR count). The molecule has 1 aromatic rings. The zero-order valence-corrected chi connectivity index (χ0v) is 9.53. The maximum absolute atomic E-state index is 11.1. The molecule has 1 aliphatic rings. The third-order valence-electron chi connectivity index (χ3n) is 2.22. The van der Waals surface area contributed by atoms with Gasteiger partial charge < -0.3 is 9.57 Å². The molecule has 0 spiro atoms. The summed E-state index contributed by atoms with van der Waals surface area (Å²) in [6.07, 6.45) is 3.69. The lowest BCUT2D eigenvalue weighted by Gasteiger charge is -2.05. The van der Waals surface area contributed by atoms with E-state index in [1.807, 2.05) is 6.07 Å². The van der Waals surface area contributed by atoms with Gasteiger partial charge in [0, 0.05) is 29.6 Å². The van der Waals surface area contributed by atoms with Crippen LogP contribution in [0.2, 0.25) is 0 Å². The van der Waals surface area contributed by atoms with Gasteiger partial charge in [0.2, 0.25) is 0 Å². The third-order valence-corrected chi connectivity index (χ3v) is 2.22.